The Morgan fingerprint density at radius 3 is 2.25 bits per heavy atom. The summed E-state index contributed by atoms with van der Waals surface area (Å²) in [6.07, 6.45) is 0.215. The van der Waals surface area contributed by atoms with Gasteiger partial charge < -0.3 is 5.11 Å². The maximum atomic E-state index is 10.7. The van der Waals surface area contributed by atoms with E-state index in [2.05, 4.69) is 0 Å². The van der Waals surface area contributed by atoms with Crippen LogP contribution < -0.4 is 5.32 Å². The van der Waals surface area contributed by atoms with E-state index in [0.717, 1.165) is 0 Å². The summed E-state index contributed by atoms with van der Waals surface area (Å²) >= 11 is 0. The first-order valence-corrected chi connectivity index (χ1v) is 3.60. The van der Waals surface area contributed by atoms with E-state index in [-0.39, 0.29) is 6.42 Å². The van der Waals surface area contributed by atoms with E-state index < -0.39 is 24.2 Å². The second kappa shape index (κ2) is 5.29. The van der Waals surface area contributed by atoms with Crippen molar-refractivity contribution >= 4 is 17.8 Å². The van der Waals surface area contributed by atoms with Gasteiger partial charge in [0, 0.05) is 6.42 Å². The molecule has 0 aromatic heterocycles. The lowest BCUT2D eigenvalue weighted by Gasteiger charge is -1.99. The first kappa shape index (κ1) is 10.6. The average molecular weight is 173 g/mol. The highest BCUT2D eigenvalue weighted by Gasteiger charge is 2.09. The zero-order chi connectivity index (χ0) is 9.56. The van der Waals surface area contributed by atoms with Crippen molar-refractivity contribution in [3.8, 4) is 0 Å². The summed E-state index contributed by atoms with van der Waals surface area (Å²) in [4.78, 5) is 31.3. The Kier molecular flexibility index (Phi) is 4.67. The smallest absolute Gasteiger partial charge is 0.312 e. The predicted molar refractivity (Wildman–Crippen MR) is 40.3 cm³/mol. The molecule has 0 aromatic carbocycles. The van der Waals surface area contributed by atoms with Crippen LogP contribution in [-0.4, -0.2) is 22.9 Å². The highest BCUT2D eigenvalue weighted by Crippen LogP contribution is 1.87. The summed E-state index contributed by atoms with van der Waals surface area (Å²) in [6, 6.07) is 0. The fourth-order valence-electron chi connectivity index (χ4n) is 0.627. The lowest BCUT2D eigenvalue weighted by Crippen LogP contribution is -2.31. The molecule has 0 aliphatic rings. The summed E-state index contributed by atoms with van der Waals surface area (Å²) in [5, 5.41) is 10.1. The Balaban J connectivity index is 3.69. The van der Waals surface area contributed by atoms with Crippen LogP contribution >= 0.6 is 0 Å². The van der Waals surface area contributed by atoms with Gasteiger partial charge in [0.1, 0.15) is 6.42 Å². The molecule has 68 valence electrons. The SMILES string of the molecule is CCCC(=O)NC(=O)CC(=O)O. The van der Waals surface area contributed by atoms with Crippen molar-refractivity contribution in [1.29, 1.82) is 0 Å². The Labute approximate surface area is 69.8 Å². The van der Waals surface area contributed by atoms with Crippen LogP contribution in [0.5, 0.6) is 0 Å². The van der Waals surface area contributed by atoms with Gasteiger partial charge in [0.05, 0.1) is 0 Å². The molecule has 0 radical (unpaired) electrons. The van der Waals surface area contributed by atoms with Gasteiger partial charge in [-0.2, -0.15) is 0 Å². The topological polar surface area (TPSA) is 83.5 Å². The zero-order valence-electron chi connectivity index (χ0n) is 6.79. The van der Waals surface area contributed by atoms with Crippen LogP contribution in [0.3, 0.4) is 0 Å². The molecule has 0 aliphatic carbocycles. The van der Waals surface area contributed by atoms with Crippen molar-refractivity contribution in [2.45, 2.75) is 26.2 Å². The molecule has 0 unspecified atom stereocenters. The highest BCUT2D eigenvalue weighted by atomic mass is 16.4. The minimum Gasteiger partial charge on any atom is -0.481 e. The van der Waals surface area contributed by atoms with Gasteiger partial charge in [0.15, 0.2) is 0 Å². The van der Waals surface area contributed by atoms with Gasteiger partial charge in [-0.1, -0.05) is 6.92 Å². The monoisotopic (exact) mass is 173 g/mol. The Bertz CT molecular complexity index is 200. The van der Waals surface area contributed by atoms with Crippen LogP contribution in [0, 0.1) is 0 Å². The lowest BCUT2D eigenvalue weighted by molar-refractivity contribution is -0.141. The van der Waals surface area contributed by atoms with Crippen LogP contribution in [0.2, 0.25) is 0 Å². The Hall–Kier alpha value is -1.39. The van der Waals surface area contributed by atoms with E-state index in [9.17, 15) is 14.4 Å². The van der Waals surface area contributed by atoms with Crippen LogP contribution in [0.4, 0.5) is 0 Å². The molecule has 0 bridgehead atoms. The van der Waals surface area contributed by atoms with Gasteiger partial charge in [-0.15, -0.1) is 0 Å². The molecule has 0 saturated heterocycles. The van der Waals surface area contributed by atoms with Crippen LogP contribution in [0.1, 0.15) is 26.2 Å². The predicted octanol–water partition coefficient (Wildman–Crippen LogP) is -0.0960. The minimum atomic E-state index is -1.24. The van der Waals surface area contributed by atoms with E-state index in [0.29, 0.717) is 6.42 Å². The number of amides is 2. The summed E-state index contributed by atoms with van der Waals surface area (Å²) in [5.74, 6) is -2.43. The number of carboxylic acids is 1. The molecule has 0 spiro atoms. The third-order valence-electron chi connectivity index (χ3n) is 1.07. The third kappa shape index (κ3) is 5.40. The van der Waals surface area contributed by atoms with Crippen molar-refractivity contribution in [3.05, 3.63) is 0 Å². The van der Waals surface area contributed by atoms with Gasteiger partial charge in [-0.3, -0.25) is 19.7 Å². The van der Waals surface area contributed by atoms with Gasteiger partial charge in [0.25, 0.3) is 0 Å². The largest absolute Gasteiger partial charge is 0.481 e. The average Bonchev–Trinajstić information content (AvgIpc) is 1.84. The molecule has 2 amide bonds. The lowest BCUT2D eigenvalue weighted by atomic mass is 10.3. The number of carbonyl (C=O) groups is 3. The van der Waals surface area contributed by atoms with Gasteiger partial charge in [0.2, 0.25) is 11.8 Å². The van der Waals surface area contributed by atoms with Crippen molar-refractivity contribution in [2.75, 3.05) is 0 Å². The normalized spacial score (nSPS) is 9.08. The van der Waals surface area contributed by atoms with Crippen LogP contribution in [-0.2, 0) is 14.4 Å². The van der Waals surface area contributed by atoms with E-state index in [1.54, 1.807) is 6.92 Å². The number of carbonyl (C=O) groups excluding carboxylic acids is 2. The molecule has 0 saturated carbocycles. The fourth-order valence-corrected chi connectivity index (χ4v) is 0.627. The van der Waals surface area contributed by atoms with Crippen molar-refractivity contribution in [3.63, 3.8) is 0 Å². The van der Waals surface area contributed by atoms with Gasteiger partial charge in [-0.05, 0) is 6.42 Å². The summed E-state index contributed by atoms with van der Waals surface area (Å²) in [5.41, 5.74) is 0. The molecular weight excluding hydrogens is 162 g/mol. The summed E-state index contributed by atoms with van der Waals surface area (Å²) in [7, 11) is 0. The number of hydrogen-bond acceptors (Lipinski definition) is 3. The summed E-state index contributed by atoms with van der Waals surface area (Å²) in [6.45, 7) is 1.79. The zero-order valence-corrected chi connectivity index (χ0v) is 6.79. The number of carboxylic acid groups (broad SMARTS) is 1. The molecule has 0 heterocycles. The molecular formula is C7H11NO4. The number of imide groups is 1. The van der Waals surface area contributed by atoms with Crippen LogP contribution in [0.25, 0.3) is 0 Å². The Morgan fingerprint density at radius 2 is 1.83 bits per heavy atom. The maximum absolute atomic E-state index is 10.7. The quantitative estimate of drug-likeness (QED) is 0.581. The molecule has 0 atom stereocenters. The molecule has 12 heavy (non-hydrogen) atoms. The Morgan fingerprint density at radius 1 is 1.25 bits per heavy atom. The standard InChI is InChI=1S/C7H11NO4/c1-2-3-5(9)8-6(10)4-7(11)12/h2-4H2,1H3,(H,11,12)(H,8,9,10). The first-order chi connectivity index (χ1) is 5.56. The van der Waals surface area contributed by atoms with Crippen molar-refractivity contribution in [2.24, 2.45) is 0 Å². The maximum Gasteiger partial charge on any atom is 0.312 e. The molecule has 2 N–H and O–H groups in total. The molecule has 0 rings (SSSR count). The second-order valence-electron chi connectivity index (χ2n) is 2.29. The second-order valence-corrected chi connectivity index (χ2v) is 2.29. The number of aliphatic carboxylic acids is 1. The number of rotatable bonds is 4. The van der Waals surface area contributed by atoms with E-state index in [1.807, 2.05) is 5.32 Å². The minimum absolute atomic E-state index is 0.241. The van der Waals surface area contributed by atoms with E-state index in [1.165, 1.54) is 0 Å². The highest BCUT2D eigenvalue weighted by molar-refractivity contribution is 6.02. The molecule has 5 heteroatoms. The van der Waals surface area contributed by atoms with E-state index in [4.69, 9.17) is 5.11 Å². The van der Waals surface area contributed by atoms with Crippen molar-refractivity contribution < 1.29 is 19.5 Å². The molecule has 0 aromatic rings. The van der Waals surface area contributed by atoms with E-state index >= 15 is 0 Å². The summed E-state index contributed by atoms with van der Waals surface area (Å²) < 4.78 is 0. The first-order valence-electron chi connectivity index (χ1n) is 3.60. The van der Waals surface area contributed by atoms with Gasteiger partial charge >= 0.3 is 5.97 Å². The molecule has 5 nitrogen and oxygen atoms in total. The fraction of sp³-hybridized carbons (Fsp3) is 0.571. The number of hydrogen-bond donors (Lipinski definition) is 2. The van der Waals surface area contributed by atoms with Crippen LogP contribution in [0.15, 0.2) is 0 Å². The van der Waals surface area contributed by atoms with Gasteiger partial charge in [-0.25, -0.2) is 0 Å². The molecule has 0 fully saturated rings. The third-order valence-corrected chi connectivity index (χ3v) is 1.07. The number of nitrogens with one attached hydrogen (secondary N) is 1. The molecule has 0 aliphatic heterocycles. The van der Waals surface area contributed by atoms with Crippen molar-refractivity contribution in [1.82, 2.24) is 5.32 Å².